The van der Waals surface area contributed by atoms with Crippen LogP contribution >= 0.6 is 0 Å². The molecule has 17 heavy (non-hydrogen) atoms. The van der Waals surface area contributed by atoms with Crippen LogP contribution in [0, 0.1) is 11.8 Å². The summed E-state index contributed by atoms with van der Waals surface area (Å²) in [6, 6.07) is 0.403. The Bertz CT molecular complexity index is 242. The van der Waals surface area contributed by atoms with E-state index < -0.39 is 0 Å². The average molecular weight is 240 g/mol. The second kappa shape index (κ2) is 7.00. The standard InChI is InChI=1S/C14H28N2O/c1-4-6-12(15)9-14(17)16-13-8-7-11(5-2)10(13)3/h10-13H,4-9,15H2,1-3H3,(H,16,17). The molecule has 3 heteroatoms. The van der Waals surface area contributed by atoms with E-state index in [-0.39, 0.29) is 11.9 Å². The number of carbonyl (C=O) groups excluding carboxylic acids is 1. The summed E-state index contributed by atoms with van der Waals surface area (Å²) in [4.78, 5) is 11.8. The second-order valence-electron chi connectivity index (χ2n) is 5.53. The quantitative estimate of drug-likeness (QED) is 0.749. The SMILES string of the molecule is CCCC(N)CC(=O)NC1CCC(CC)C1C. The summed E-state index contributed by atoms with van der Waals surface area (Å²) >= 11 is 0. The van der Waals surface area contributed by atoms with Crippen LogP contribution in [0.3, 0.4) is 0 Å². The summed E-state index contributed by atoms with van der Waals surface area (Å²) in [5.74, 6) is 1.54. The van der Waals surface area contributed by atoms with E-state index in [1.165, 1.54) is 12.8 Å². The zero-order valence-electron chi connectivity index (χ0n) is 11.5. The third-order valence-electron chi connectivity index (χ3n) is 4.20. The lowest BCUT2D eigenvalue weighted by molar-refractivity contribution is -0.122. The lowest BCUT2D eigenvalue weighted by atomic mass is 9.93. The van der Waals surface area contributed by atoms with Gasteiger partial charge in [-0.1, -0.05) is 33.6 Å². The van der Waals surface area contributed by atoms with E-state index in [0.29, 0.717) is 18.4 Å². The predicted molar refractivity (Wildman–Crippen MR) is 71.6 cm³/mol. The van der Waals surface area contributed by atoms with Crippen molar-refractivity contribution < 1.29 is 4.79 Å². The van der Waals surface area contributed by atoms with Crippen LogP contribution < -0.4 is 11.1 Å². The highest BCUT2D eigenvalue weighted by Crippen LogP contribution is 2.33. The van der Waals surface area contributed by atoms with Gasteiger partial charge in [0, 0.05) is 18.5 Å². The summed E-state index contributed by atoms with van der Waals surface area (Å²) in [5.41, 5.74) is 5.89. The molecule has 4 unspecified atom stereocenters. The van der Waals surface area contributed by atoms with Crippen molar-refractivity contribution in [3.8, 4) is 0 Å². The molecule has 1 aliphatic rings. The summed E-state index contributed by atoms with van der Waals surface area (Å²) < 4.78 is 0. The maximum atomic E-state index is 11.8. The molecule has 1 saturated carbocycles. The fourth-order valence-corrected chi connectivity index (χ4v) is 3.00. The molecule has 4 atom stereocenters. The van der Waals surface area contributed by atoms with Gasteiger partial charge in [0.25, 0.3) is 0 Å². The summed E-state index contributed by atoms with van der Waals surface area (Å²) in [7, 11) is 0. The van der Waals surface area contributed by atoms with Crippen molar-refractivity contribution in [3.63, 3.8) is 0 Å². The molecule has 0 aliphatic heterocycles. The van der Waals surface area contributed by atoms with Crippen molar-refractivity contribution in [2.75, 3.05) is 0 Å². The van der Waals surface area contributed by atoms with E-state index >= 15 is 0 Å². The molecule has 0 aromatic heterocycles. The highest BCUT2D eigenvalue weighted by atomic mass is 16.1. The Balaban J connectivity index is 2.32. The molecule has 1 fully saturated rings. The van der Waals surface area contributed by atoms with Crippen molar-refractivity contribution in [3.05, 3.63) is 0 Å². The number of hydrogen-bond donors (Lipinski definition) is 2. The van der Waals surface area contributed by atoms with Gasteiger partial charge >= 0.3 is 0 Å². The Hall–Kier alpha value is -0.570. The number of nitrogens with two attached hydrogens (primary N) is 1. The van der Waals surface area contributed by atoms with Crippen molar-refractivity contribution in [1.82, 2.24) is 5.32 Å². The maximum absolute atomic E-state index is 11.8. The lowest BCUT2D eigenvalue weighted by Gasteiger charge is -2.21. The van der Waals surface area contributed by atoms with Gasteiger partial charge in [0.15, 0.2) is 0 Å². The van der Waals surface area contributed by atoms with E-state index in [9.17, 15) is 4.79 Å². The average Bonchev–Trinajstić information content (AvgIpc) is 2.60. The molecule has 1 aliphatic carbocycles. The molecule has 0 radical (unpaired) electrons. The molecule has 0 bridgehead atoms. The third kappa shape index (κ3) is 4.30. The Morgan fingerprint density at radius 1 is 1.41 bits per heavy atom. The first-order valence-corrected chi connectivity index (χ1v) is 7.13. The molecular formula is C14H28N2O. The summed E-state index contributed by atoms with van der Waals surface area (Å²) in [6.45, 7) is 6.60. The van der Waals surface area contributed by atoms with E-state index in [2.05, 4.69) is 26.1 Å². The first kappa shape index (κ1) is 14.5. The molecule has 3 nitrogen and oxygen atoms in total. The fraction of sp³-hybridized carbons (Fsp3) is 0.929. The van der Waals surface area contributed by atoms with Crippen molar-refractivity contribution in [2.45, 2.75) is 71.4 Å². The number of hydrogen-bond acceptors (Lipinski definition) is 2. The van der Waals surface area contributed by atoms with Gasteiger partial charge in [-0.05, 0) is 31.1 Å². The molecule has 0 heterocycles. The van der Waals surface area contributed by atoms with Gasteiger partial charge in [-0.25, -0.2) is 0 Å². The molecule has 3 N–H and O–H groups in total. The molecule has 0 aromatic carbocycles. The van der Waals surface area contributed by atoms with E-state index in [1.54, 1.807) is 0 Å². The van der Waals surface area contributed by atoms with Gasteiger partial charge in [-0.2, -0.15) is 0 Å². The van der Waals surface area contributed by atoms with Crippen molar-refractivity contribution >= 4 is 5.91 Å². The zero-order valence-corrected chi connectivity index (χ0v) is 11.5. The van der Waals surface area contributed by atoms with Crippen molar-refractivity contribution in [2.24, 2.45) is 17.6 Å². The van der Waals surface area contributed by atoms with Gasteiger partial charge in [-0.15, -0.1) is 0 Å². The van der Waals surface area contributed by atoms with Crippen LogP contribution in [-0.4, -0.2) is 18.0 Å². The Labute approximate surface area is 106 Å². The third-order valence-corrected chi connectivity index (χ3v) is 4.20. The first-order valence-electron chi connectivity index (χ1n) is 7.13. The normalized spacial score (nSPS) is 30.2. The summed E-state index contributed by atoms with van der Waals surface area (Å²) in [5, 5.41) is 3.16. The van der Waals surface area contributed by atoms with Gasteiger partial charge in [0.2, 0.25) is 5.91 Å². The Morgan fingerprint density at radius 3 is 2.65 bits per heavy atom. The van der Waals surface area contributed by atoms with Crippen LogP contribution in [0.1, 0.15) is 59.3 Å². The highest BCUT2D eigenvalue weighted by molar-refractivity contribution is 5.76. The molecular weight excluding hydrogens is 212 g/mol. The lowest BCUT2D eigenvalue weighted by Crippen LogP contribution is -2.40. The van der Waals surface area contributed by atoms with Crippen LogP contribution in [-0.2, 0) is 4.79 Å². The van der Waals surface area contributed by atoms with E-state index in [0.717, 1.165) is 25.2 Å². The maximum Gasteiger partial charge on any atom is 0.221 e. The smallest absolute Gasteiger partial charge is 0.221 e. The molecule has 1 amide bonds. The second-order valence-corrected chi connectivity index (χ2v) is 5.53. The minimum absolute atomic E-state index is 0.0266. The number of amides is 1. The van der Waals surface area contributed by atoms with Crippen LogP contribution in [0.5, 0.6) is 0 Å². The monoisotopic (exact) mass is 240 g/mol. The Kier molecular flexibility index (Phi) is 5.96. The van der Waals surface area contributed by atoms with Gasteiger partial charge in [0.05, 0.1) is 0 Å². The Morgan fingerprint density at radius 2 is 2.12 bits per heavy atom. The highest BCUT2D eigenvalue weighted by Gasteiger charge is 2.32. The first-order chi connectivity index (χ1) is 8.08. The predicted octanol–water partition coefficient (Wildman–Crippen LogP) is 2.44. The minimum atomic E-state index is 0.0266. The van der Waals surface area contributed by atoms with E-state index in [1.807, 2.05) is 0 Å². The molecule has 1 rings (SSSR count). The number of nitrogens with one attached hydrogen (secondary N) is 1. The number of rotatable bonds is 6. The molecule has 0 saturated heterocycles. The largest absolute Gasteiger partial charge is 0.353 e. The fourth-order valence-electron chi connectivity index (χ4n) is 3.00. The van der Waals surface area contributed by atoms with Crippen LogP contribution in [0.4, 0.5) is 0 Å². The molecule has 0 aromatic rings. The number of carbonyl (C=O) groups is 1. The van der Waals surface area contributed by atoms with Crippen LogP contribution in [0.2, 0.25) is 0 Å². The molecule has 100 valence electrons. The van der Waals surface area contributed by atoms with Crippen LogP contribution in [0.15, 0.2) is 0 Å². The topological polar surface area (TPSA) is 55.1 Å². The van der Waals surface area contributed by atoms with Crippen molar-refractivity contribution in [1.29, 1.82) is 0 Å². The van der Waals surface area contributed by atoms with Gasteiger partial charge in [-0.3, -0.25) is 4.79 Å². The zero-order chi connectivity index (χ0) is 12.8. The van der Waals surface area contributed by atoms with Crippen LogP contribution in [0.25, 0.3) is 0 Å². The van der Waals surface area contributed by atoms with E-state index in [4.69, 9.17) is 5.73 Å². The van der Waals surface area contributed by atoms with Gasteiger partial charge in [0.1, 0.15) is 0 Å². The summed E-state index contributed by atoms with van der Waals surface area (Å²) in [6.07, 6.45) is 6.08. The van der Waals surface area contributed by atoms with Gasteiger partial charge < -0.3 is 11.1 Å². The minimum Gasteiger partial charge on any atom is -0.353 e. The molecule has 0 spiro atoms.